The molecule has 3 heteroatoms. The third kappa shape index (κ3) is 1.09. The van der Waals surface area contributed by atoms with Crippen LogP contribution in [0.15, 0.2) is 0 Å². The molecule has 0 saturated carbocycles. The number of hydrogen-bond donors (Lipinski definition) is 1. The van der Waals surface area contributed by atoms with Crippen LogP contribution in [0.1, 0.15) is 19.8 Å². The van der Waals surface area contributed by atoms with Crippen LogP contribution in [-0.4, -0.2) is 17.7 Å². The van der Waals surface area contributed by atoms with Crippen molar-refractivity contribution >= 4 is 12.2 Å². The van der Waals surface area contributed by atoms with Crippen molar-refractivity contribution < 1.29 is 9.59 Å². The molecule has 0 spiro atoms. The molecule has 1 aliphatic heterocycles. The van der Waals surface area contributed by atoms with Crippen LogP contribution in [0.4, 0.5) is 0 Å². The van der Waals surface area contributed by atoms with Crippen molar-refractivity contribution in [1.82, 2.24) is 5.32 Å². The number of nitrogens with one attached hydrogen (secondary N) is 1. The minimum atomic E-state index is -0.572. The normalized spacial score (nSPS) is 34.1. The van der Waals surface area contributed by atoms with Crippen LogP contribution < -0.4 is 5.32 Å². The molecule has 3 nitrogen and oxygen atoms in total. The van der Waals surface area contributed by atoms with Gasteiger partial charge >= 0.3 is 0 Å². The van der Waals surface area contributed by atoms with E-state index >= 15 is 0 Å². The molecule has 9 heavy (non-hydrogen) atoms. The number of amides is 1. The van der Waals surface area contributed by atoms with E-state index in [1.54, 1.807) is 6.92 Å². The number of carbonyl (C=O) groups excluding carboxylic acids is 2. The molecule has 0 aromatic heterocycles. The van der Waals surface area contributed by atoms with Gasteiger partial charge in [0.2, 0.25) is 5.91 Å². The van der Waals surface area contributed by atoms with E-state index in [0.29, 0.717) is 12.8 Å². The van der Waals surface area contributed by atoms with Crippen LogP contribution in [0.5, 0.6) is 0 Å². The van der Waals surface area contributed by atoms with Crippen LogP contribution in [0, 0.1) is 0 Å². The topological polar surface area (TPSA) is 46.2 Å². The van der Waals surface area contributed by atoms with Gasteiger partial charge in [0.1, 0.15) is 6.29 Å². The third-order valence-corrected chi connectivity index (χ3v) is 1.56. The smallest absolute Gasteiger partial charge is 0.220 e. The lowest BCUT2D eigenvalue weighted by Crippen LogP contribution is -2.39. The highest BCUT2D eigenvalue weighted by molar-refractivity contribution is 5.85. The van der Waals surface area contributed by atoms with Gasteiger partial charge in [-0.15, -0.1) is 0 Å². The summed E-state index contributed by atoms with van der Waals surface area (Å²) in [6, 6.07) is 0. The van der Waals surface area contributed by atoms with Gasteiger partial charge < -0.3 is 10.1 Å². The van der Waals surface area contributed by atoms with E-state index in [4.69, 9.17) is 0 Å². The molecule has 0 bridgehead atoms. The predicted octanol–water partition coefficient (Wildman–Crippen LogP) is -0.146. The second kappa shape index (κ2) is 1.83. The number of hydrogen-bond acceptors (Lipinski definition) is 2. The Kier molecular flexibility index (Phi) is 1.27. The average molecular weight is 127 g/mol. The van der Waals surface area contributed by atoms with E-state index in [0.717, 1.165) is 6.29 Å². The second-order valence-corrected chi connectivity index (χ2v) is 2.58. The maximum absolute atomic E-state index is 10.5. The Balaban J connectivity index is 2.65. The Morgan fingerprint density at radius 3 is 2.67 bits per heavy atom. The summed E-state index contributed by atoms with van der Waals surface area (Å²) in [5, 5.41) is 2.57. The summed E-state index contributed by atoms with van der Waals surface area (Å²) in [6.45, 7) is 1.73. The van der Waals surface area contributed by atoms with Gasteiger partial charge in [0, 0.05) is 6.42 Å². The standard InChI is InChI=1S/C6H9NO2/c1-6(4-8)3-2-5(9)7-6/h4H,2-3H2,1H3,(H,7,9)/t6-/m0/s1. The van der Waals surface area contributed by atoms with Gasteiger partial charge in [-0.2, -0.15) is 0 Å². The molecule has 1 amide bonds. The van der Waals surface area contributed by atoms with E-state index in [-0.39, 0.29) is 5.91 Å². The van der Waals surface area contributed by atoms with Crippen LogP contribution in [0.25, 0.3) is 0 Å². The van der Waals surface area contributed by atoms with Gasteiger partial charge in [-0.3, -0.25) is 4.79 Å². The summed E-state index contributed by atoms with van der Waals surface area (Å²) in [4.78, 5) is 20.8. The molecule has 0 aromatic carbocycles. The van der Waals surface area contributed by atoms with E-state index < -0.39 is 5.54 Å². The van der Waals surface area contributed by atoms with E-state index in [9.17, 15) is 9.59 Å². The average Bonchev–Trinajstić information content (AvgIpc) is 2.13. The van der Waals surface area contributed by atoms with Gasteiger partial charge in [-0.1, -0.05) is 0 Å². The van der Waals surface area contributed by atoms with Gasteiger partial charge in [-0.05, 0) is 13.3 Å². The van der Waals surface area contributed by atoms with E-state index in [2.05, 4.69) is 5.32 Å². The molecule has 0 aliphatic carbocycles. The third-order valence-electron chi connectivity index (χ3n) is 1.56. The van der Waals surface area contributed by atoms with Gasteiger partial charge in [0.05, 0.1) is 5.54 Å². The maximum atomic E-state index is 10.5. The molecule has 1 fully saturated rings. The molecule has 1 aliphatic rings. The van der Waals surface area contributed by atoms with Crippen molar-refractivity contribution in [3.8, 4) is 0 Å². The Morgan fingerprint density at radius 1 is 1.78 bits per heavy atom. The Labute approximate surface area is 53.4 Å². The highest BCUT2D eigenvalue weighted by Crippen LogP contribution is 2.15. The first kappa shape index (κ1) is 6.26. The van der Waals surface area contributed by atoms with Crippen molar-refractivity contribution in [3.63, 3.8) is 0 Å². The zero-order valence-corrected chi connectivity index (χ0v) is 5.31. The largest absolute Gasteiger partial charge is 0.344 e. The summed E-state index contributed by atoms with van der Waals surface area (Å²) >= 11 is 0. The minimum Gasteiger partial charge on any atom is -0.344 e. The SMILES string of the molecule is C[C@@]1(C=O)CCC(=O)N1. The molecule has 1 heterocycles. The maximum Gasteiger partial charge on any atom is 0.220 e. The van der Waals surface area contributed by atoms with Crippen molar-refractivity contribution in [2.75, 3.05) is 0 Å². The molecule has 1 saturated heterocycles. The summed E-state index contributed by atoms with van der Waals surface area (Å²) in [5.74, 6) is -0.0235. The van der Waals surface area contributed by atoms with Crippen molar-refractivity contribution in [2.24, 2.45) is 0 Å². The number of rotatable bonds is 1. The molecular formula is C6H9NO2. The second-order valence-electron chi connectivity index (χ2n) is 2.58. The van der Waals surface area contributed by atoms with Gasteiger partial charge in [0.25, 0.3) is 0 Å². The summed E-state index contributed by atoms with van der Waals surface area (Å²) in [7, 11) is 0. The zero-order valence-electron chi connectivity index (χ0n) is 5.31. The van der Waals surface area contributed by atoms with Crippen molar-refractivity contribution in [3.05, 3.63) is 0 Å². The lowest BCUT2D eigenvalue weighted by atomic mass is 10.0. The highest BCUT2D eigenvalue weighted by atomic mass is 16.2. The monoisotopic (exact) mass is 127 g/mol. The van der Waals surface area contributed by atoms with Gasteiger partial charge in [0.15, 0.2) is 0 Å². The van der Waals surface area contributed by atoms with Crippen LogP contribution >= 0.6 is 0 Å². The molecule has 0 aromatic rings. The van der Waals surface area contributed by atoms with E-state index in [1.165, 1.54) is 0 Å². The quantitative estimate of drug-likeness (QED) is 0.498. The van der Waals surface area contributed by atoms with Crippen molar-refractivity contribution in [2.45, 2.75) is 25.3 Å². The fourth-order valence-corrected chi connectivity index (χ4v) is 0.905. The first-order chi connectivity index (χ1) is 4.16. The Hall–Kier alpha value is -0.860. The molecular weight excluding hydrogens is 118 g/mol. The fourth-order valence-electron chi connectivity index (χ4n) is 0.905. The highest BCUT2D eigenvalue weighted by Gasteiger charge is 2.31. The Bertz CT molecular complexity index is 155. The molecule has 1 atom stereocenters. The molecule has 1 rings (SSSR count). The van der Waals surface area contributed by atoms with Crippen LogP contribution in [-0.2, 0) is 9.59 Å². The minimum absolute atomic E-state index is 0.0235. The molecule has 1 N–H and O–H groups in total. The summed E-state index contributed by atoms with van der Waals surface area (Å²) in [5.41, 5.74) is -0.572. The molecule has 0 radical (unpaired) electrons. The van der Waals surface area contributed by atoms with Gasteiger partial charge in [-0.25, -0.2) is 0 Å². The lowest BCUT2D eigenvalue weighted by molar-refractivity contribution is -0.122. The Morgan fingerprint density at radius 2 is 2.44 bits per heavy atom. The summed E-state index contributed by atoms with van der Waals surface area (Å²) < 4.78 is 0. The first-order valence-corrected chi connectivity index (χ1v) is 2.94. The number of aldehydes is 1. The van der Waals surface area contributed by atoms with Crippen LogP contribution in [0.2, 0.25) is 0 Å². The number of carbonyl (C=O) groups is 2. The summed E-state index contributed by atoms with van der Waals surface area (Å²) in [6.07, 6.45) is 1.91. The van der Waals surface area contributed by atoms with Crippen LogP contribution in [0.3, 0.4) is 0 Å². The fraction of sp³-hybridized carbons (Fsp3) is 0.667. The predicted molar refractivity (Wildman–Crippen MR) is 31.8 cm³/mol. The molecule has 50 valence electrons. The lowest BCUT2D eigenvalue weighted by Gasteiger charge is -2.13. The molecule has 0 unspecified atom stereocenters. The first-order valence-electron chi connectivity index (χ1n) is 2.94. The van der Waals surface area contributed by atoms with Crippen molar-refractivity contribution in [1.29, 1.82) is 0 Å². The van der Waals surface area contributed by atoms with E-state index in [1.807, 2.05) is 0 Å². The zero-order chi connectivity index (χ0) is 6.91.